The van der Waals surface area contributed by atoms with Crippen molar-refractivity contribution in [1.82, 2.24) is 9.88 Å². The summed E-state index contributed by atoms with van der Waals surface area (Å²) in [5.74, 6) is -0.00677. The van der Waals surface area contributed by atoms with E-state index in [1.54, 1.807) is 46.1 Å². The number of thiophene rings is 2. The highest BCUT2D eigenvalue weighted by Gasteiger charge is 2.24. The van der Waals surface area contributed by atoms with Crippen LogP contribution in [0.3, 0.4) is 0 Å². The summed E-state index contributed by atoms with van der Waals surface area (Å²) in [5.41, 5.74) is 4.45. The monoisotopic (exact) mass is 466 g/mol. The van der Waals surface area contributed by atoms with Gasteiger partial charge in [0.15, 0.2) is 9.84 Å². The third-order valence-electron chi connectivity index (χ3n) is 5.22. The van der Waals surface area contributed by atoms with Gasteiger partial charge in [0.05, 0.1) is 5.75 Å². The first-order chi connectivity index (χ1) is 14.9. The lowest BCUT2D eigenvalue weighted by Gasteiger charge is -2.04. The Labute approximate surface area is 188 Å². The van der Waals surface area contributed by atoms with E-state index in [0.717, 1.165) is 32.0 Å². The molecule has 0 bridgehead atoms. The third-order valence-corrected chi connectivity index (χ3v) is 9.58. The van der Waals surface area contributed by atoms with Crippen LogP contribution >= 0.6 is 22.7 Å². The Hall–Kier alpha value is -2.81. The number of hydrogen-bond donors (Lipinski definition) is 0. The van der Waals surface area contributed by atoms with Gasteiger partial charge in [-0.2, -0.15) is 0 Å². The molecule has 5 nitrogen and oxygen atoms in total. The van der Waals surface area contributed by atoms with E-state index in [9.17, 15) is 13.2 Å². The lowest BCUT2D eigenvalue weighted by molar-refractivity contribution is 0.0816. The molecule has 0 N–H and O–H groups in total. The molecule has 1 aliphatic rings. The summed E-state index contributed by atoms with van der Waals surface area (Å²) < 4.78 is 25.6. The second kappa shape index (κ2) is 7.71. The van der Waals surface area contributed by atoms with Crippen molar-refractivity contribution in [2.24, 2.45) is 0 Å². The Morgan fingerprint density at radius 1 is 1.03 bits per heavy atom. The molecule has 5 rings (SSSR count). The van der Waals surface area contributed by atoms with Crippen LogP contribution in [-0.4, -0.2) is 31.3 Å². The normalized spacial score (nSPS) is 13.6. The fourth-order valence-electron chi connectivity index (χ4n) is 3.70. The lowest BCUT2D eigenvalue weighted by Crippen LogP contribution is -2.17. The van der Waals surface area contributed by atoms with E-state index in [1.807, 2.05) is 31.3 Å². The molecule has 1 aromatic carbocycles. The molecule has 31 heavy (non-hydrogen) atoms. The summed E-state index contributed by atoms with van der Waals surface area (Å²) >= 11 is 2.85. The highest BCUT2D eigenvalue weighted by molar-refractivity contribution is 7.92. The van der Waals surface area contributed by atoms with Gasteiger partial charge in [-0.25, -0.2) is 8.42 Å². The van der Waals surface area contributed by atoms with Crippen LogP contribution in [0.1, 0.15) is 21.5 Å². The van der Waals surface area contributed by atoms with E-state index in [0.29, 0.717) is 16.3 Å². The quantitative estimate of drug-likeness (QED) is 0.410. The summed E-state index contributed by atoms with van der Waals surface area (Å²) in [6.45, 7) is 0.630. The number of sulfone groups is 1. The van der Waals surface area contributed by atoms with Gasteiger partial charge >= 0.3 is 0 Å². The molecule has 3 aromatic heterocycles. The van der Waals surface area contributed by atoms with E-state index in [4.69, 9.17) is 0 Å². The van der Waals surface area contributed by atoms with E-state index < -0.39 is 9.84 Å². The van der Waals surface area contributed by atoms with Crippen molar-refractivity contribution in [1.29, 1.82) is 0 Å². The lowest BCUT2D eigenvalue weighted by atomic mass is 10.1. The van der Waals surface area contributed by atoms with Gasteiger partial charge in [-0.3, -0.25) is 9.78 Å². The SMILES string of the molecule is CN1Cc2cc(-c3ccc(-c4cncc(CS(=O)(=O)c5cccs5)c4)s3)ccc2C1=O. The average molecular weight is 467 g/mol. The van der Waals surface area contributed by atoms with Crippen LogP contribution in [0.2, 0.25) is 0 Å². The number of carbonyl (C=O) groups is 1. The Balaban J connectivity index is 1.41. The molecule has 8 heteroatoms. The number of nitrogens with zero attached hydrogens (tertiary/aromatic N) is 2. The molecule has 0 saturated carbocycles. The smallest absolute Gasteiger partial charge is 0.254 e. The van der Waals surface area contributed by atoms with Gasteiger partial charge in [-0.05, 0) is 58.5 Å². The molecule has 0 atom stereocenters. The molecule has 0 spiro atoms. The van der Waals surface area contributed by atoms with Gasteiger partial charge in [0.1, 0.15) is 4.21 Å². The fraction of sp³-hybridized carbons (Fsp3) is 0.130. The van der Waals surface area contributed by atoms with E-state index in [1.165, 1.54) is 11.3 Å². The number of pyridine rings is 1. The van der Waals surface area contributed by atoms with Crippen molar-refractivity contribution < 1.29 is 13.2 Å². The van der Waals surface area contributed by atoms with Crippen LogP contribution in [0.25, 0.3) is 20.9 Å². The van der Waals surface area contributed by atoms with Crippen LogP contribution in [-0.2, 0) is 22.1 Å². The maximum Gasteiger partial charge on any atom is 0.254 e. The third kappa shape index (κ3) is 3.82. The molecule has 4 heterocycles. The minimum absolute atomic E-state index is 0.0637. The predicted molar refractivity (Wildman–Crippen MR) is 124 cm³/mol. The molecule has 0 aliphatic carbocycles. The Morgan fingerprint density at radius 3 is 2.61 bits per heavy atom. The summed E-state index contributed by atoms with van der Waals surface area (Å²) in [6, 6.07) is 15.3. The van der Waals surface area contributed by atoms with Gasteiger partial charge in [0.2, 0.25) is 0 Å². The summed E-state index contributed by atoms with van der Waals surface area (Å²) in [5, 5.41) is 1.77. The first kappa shape index (κ1) is 20.1. The number of benzene rings is 1. The molecule has 0 fully saturated rings. The Kier molecular flexibility index (Phi) is 5.00. The first-order valence-corrected chi connectivity index (χ1v) is 12.9. The average Bonchev–Trinajstić information content (AvgIpc) is 3.49. The molecule has 0 radical (unpaired) electrons. The Morgan fingerprint density at radius 2 is 1.84 bits per heavy atom. The van der Waals surface area contributed by atoms with E-state index in [2.05, 4.69) is 17.1 Å². The highest BCUT2D eigenvalue weighted by Crippen LogP contribution is 2.36. The van der Waals surface area contributed by atoms with Crippen molar-refractivity contribution in [3.05, 3.63) is 83.0 Å². The van der Waals surface area contributed by atoms with Crippen molar-refractivity contribution >= 4 is 38.4 Å². The molecule has 1 amide bonds. The molecule has 1 aliphatic heterocycles. The largest absolute Gasteiger partial charge is 0.337 e. The van der Waals surface area contributed by atoms with Crippen LogP contribution in [0.4, 0.5) is 0 Å². The second-order valence-electron chi connectivity index (χ2n) is 7.47. The number of fused-ring (bicyclic) bond motifs is 1. The maximum absolute atomic E-state index is 12.6. The summed E-state index contributed by atoms with van der Waals surface area (Å²) in [4.78, 5) is 20.2. The van der Waals surface area contributed by atoms with Crippen LogP contribution in [0.5, 0.6) is 0 Å². The zero-order valence-electron chi connectivity index (χ0n) is 16.6. The minimum atomic E-state index is -3.37. The predicted octanol–water partition coefficient (Wildman–Crippen LogP) is 5.10. The van der Waals surface area contributed by atoms with Crippen molar-refractivity contribution in [3.8, 4) is 20.9 Å². The van der Waals surface area contributed by atoms with Crippen LogP contribution in [0.15, 0.2) is 70.5 Å². The second-order valence-corrected chi connectivity index (χ2v) is 11.7. The number of carbonyl (C=O) groups excluding carboxylic acids is 1. The van der Waals surface area contributed by atoms with Gasteiger partial charge in [0.25, 0.3) is 5.91 Å². The molecular weight excluding hydrogens is 448 g/mol. The number of rotatable bonds is 5. The van der Waals surface area contributed by atoms with Crippen molar-refractivity contribution in [2.75, 3.05) is 7.05 Å². The van der Waals surface area contributed by atoms with Crippen LogP contribution < -0.4 is 0 Å². The maximum atomic E-state index is 12.6. The molecule has 156 valence electrons. The minimum Gasteiger partial charge on any atom is -0.337 e. The van der Waals surface area contributed by atoms with Crippen molar-refractivity contribution in [3.63, 3.8) is 0 Å². The summed E-state index contributed by atoms with van der Waals surface area (Å²) in [7, 11) is -1.56. The number of hydrogen-bond acceptors (Lipinski definition) is 6. The van der Waals surface area contributed by atoms with E-state index in [-0.39, 0.29) is 11.7 Å². The molecule has 0 unspecified atom stereocenters. The molecule has 0 saturated heterocycles. The standard InChI is InChI=1S/C23H18N2O3S3/c1-25-13-18-10-16(4-5-19(18)23(25)26)20-6-7-21(30-20)17-9-15(11-24-12-17)14-31(27,28)22-3-2-8-29-22/h2-12H,13-14H2,1H3. The topological polar surface area (TPSA) is 67.3 Å². The number of amides is 1. The van der Waals surface area contributed by atoms with Gasteiger partial charge in [0, 0.05) is 46.9 Å². The number of aromatic nitrogens is 1. The zero-order chi connectivity index (χ0) is 21.6. The van der Waals surface area contributed by atoms with Gasteiger partial charge < -0.3 is 4.90 Å². The summed E-state index contributed by atoms with van der Waals surface area (Å²) in [6.07, 6.45) is 3.37. The van der Waals surface area contributed by atoms with Crippen LogP contribution in [0, 0.1) is 0 Å². The molecular formula is C23H18N2O3S3. The van der Waals surface area contributed by atoms with E-state index >= 15 is 0 Å². The highest BCUT2D eigenvalue weighted by atomic mass is 32.2. The zero-order valence-corrected chi connectivity index (χ0v) is 19.1. The van der Waals surface area contributed by atoms with Gasteiger partial charge in [-0.1, -0.05) is 12.1 Å². The Bertz CT molecular complexity index is 1390. The molecule has 4 aromatic rings. The van der Waals surface area contributed by atoms with Gasteiger partial charge in [-0.15, -0.1) is 22.7 Å². The van der Waals surface area contributed by atoms with Crippen molar-refractivity contribution in [2.45, 2.75) is 16.5 Å². The first-order valence-electron chi connectivity index (χ1n) is 9.60. The fourth-order valence-corrected chi connectivity index (χ4v) is 7.09.